The Morgan fingerprint density at radius 1 is 0.971 bits per heavy atom. The van der Waals surface area contributed by atoms with E-state index in [0.29, 0.717) is 12.5 Å². The number of ether oxygens (including phenoxy) is 2. The lowest BCUT2D eigenvalue weighted by Crippen LogP contribution is -2.53. The van der Waals surface area contributed by atoms with Crippen molar-refractivity contribution in [3.05, 3.63) is 59.7 Å². The van der Waals surface area contributed by atoms with Crippen molar-refractivity contribution in [1.82, 2.24) is 10.6 Å². The predicted octanol–water partition coefficient (Wildman–Crippen LogP) is 3.44. The second-order valence-corrected chi connectivity index (χ2v) is 9.63. The van der Waals surface area contributed by atoms with E-state index in [1.54, 1.807) is 0 Å². The van der Waals surface area contributed by atoms with E-state index < -0.39 is 30.4 Å². The van der Waals surface area contributed by atoms with E-state index in [4.69, 9.17) is 9.47 Å². The van der Waals surface area contributed by atoms with Crippen LogP contribution >= 0.6 is 0 Å². The third kappa shape index (κ3) is 5.03. The van der Waals surface area contributed by atoms with Crippen molar-refractivity contribution in [2.75, 3.05) is 13.2 Å². The van der Waals surface area contributed by atoms with Gasteiger partial charge in [0, 0.05) is 12.5 Å². The maximum atomic E-state index is 13.0. The molecule has 2 amide bonds. The average Bonchev–Trinajstić information content (AvgIpc) is 2.94. The first kappa shape index (κ1) is 23.4. The van der Waals surface area contributed by atoms with Crippen LogP contribution in [-0.2, 0) is 19.1 Å². The Hall–Kier alpha value is -3.39. The SMILES string of the molecule is O=C(O)CC(NC(=O)OCC1c2ccccc2-c2ccccc21)C(=O)NC1CCC2CCC1OC2. The Bertz CT molecular complexity index is 1060. The summed E-state index contributed by atoms with van der Waals surface area (Å²) in [6.07, 6.45) is 2.28. The van der Waals surface area contributed by atoms with Gasteiger partial charge in [-0.25, -0.2) is 4.79 Å². The van der Waals surface area contributed by atoms with Crippen LogP contribution in [0.15, 0.2) is 48.5 Å². The topological polar surface area (TPSA) is 114 Å². The zero-order chi connectivity index (χ0) is 24.4. The number of rotatable bonds is 7. The molecule has 8 nitrogen and oxygen atoms in total. The molecule has 3 fully saturated rings. The number of alkyl carbamates (subject to hydrolysis) is 1. The van der Waals surface area contributed by atoms with Crippen LogP contribution in [0.5, 0.6) is 0 Å². The molecule has 2 saturated heterocycles. The lowest BCUT2D eigenvalue weighted by atomic mass is 9.98. The van der Waals surface area contributed by atoms with Crippen molar-refractivity contribution in [3.63, 3.8) is 0 Å². The first-order valence-electron chi connectivity index (χ1n) is 12.2. The smallest absolute Gasteiger partial charge is 0.407 e. The van der Waals surface area contributed by atoms with E-state index in [2.05, 4.69) is 10.6 Å². The quantitative estimate of drug-likeness (QED) is 0.562. The Labute approximate surface area is 204 Å². The Morgan fingerprint density at radius 3 is 2.26 bits per heavy atom. The molecule has 0 aromatic heterocycles. The average molecular weight is 479 g/mol. The van der Waals surface area contributed by atoms with Crippen LogP contribution in [-0.4, -0.2) is 54.5 Å². The zero-order valence-corrected chi connectivity index (χ0v) is 19.4. The Morgan fingerprint density at radius 2 is 1.63 bits per heavy atom. The number of hydrogen-bond acceptors (Lipinski definition) is 5. The van der Waals surface area contributed by atoms with Gasteiger partial charge in [-0.05, 0) is 53.9 Å². The van der Waals surface area contributed by atoms with E-state index in [0.717, 1.165) is 47.9 Å². The number of amides is 2. The molecule has 2 aliphatic carbocycles. The molecule has 2 aromatic carbocycles. The summed E-state index contributed by atoms with van der Waals surface area (Å²) < 4.78 is 11.4. The highest BCUT2D eigenvalue weighted by Crippen LogP contribution is 2.44. The maximum Gasteiger partial charge on any atom is 0.407 e. The molecule has 1 saturated carbocycles. The molecule has 184 valence electrons. The summed E-state index contributed by atoms with van der Waals surface area (Å²) in [5.41, 5.74) is 4.37. The van der Waals surface area contributed by atoms with Gasteiger partial charge >= 0.3 is 12.1 Å². The van der Waals surface area contributed by atoms with Gasteiger partial charge in [0.25, 0.3) is 0 Å². The molecule has 4 unspecified atom stereocenters. The van der Waals surface area contributed by atoms with Crippen LogP contribution in [0.3, 0.4) is 0 Å². The second-order valence-electron chi connectivity index (χ2n) is 9.63. The number of carbonyl (C=O) groups is 3. The molecular weight excluding hydrogens is 448 g/mol. The summed E-state index contributed by atoms with van der Waals surface area (Å²) in [6.45, 7) is 0.786. The fourth-order valence-corrected chi connectivity index (χ4v) is 5.59. The number of nitrogens with one attached hydrogen (secondary N) is 2. The van der Waals surface area contributed by atoms with Crippen molar-refractivity contribution in [2.45, 2.75) is 56.2 Å². The van der Waals surface area contributed by atoms with Crippen molar-refractivity contribution in [3.8, 4) is 11.1 Å². The van der Waals surface area contributed by atoms with Crippen LogP contribution in [0.1, 0.15) is 49.1 Å². The molecule has 0 radical (unpaired) electrons. The Kier molecular flexibility index (Phi) is 6.72. The monoisotopic (exact) mass is 478 g/mol. The summed E-state index contributed by atoms with van der Waals surface area (Å²) in [7, 11) is 0. The lowest BCUT2D eigenvalue weighted by Gasteiger charge is -2.29. The zero-order valence-electron chi connectivity index (χ0n) is 19.4. The number of carboxylic acid groups (broad SMARTS) is 1. The Balaban J connectivity index is 1.22. The van der Waals surface area contributed by atoms with E-state index in [1.807, 2.05) is 48.5 Å². The van der Waals surface area contributed by atoms with Gasteiger partial charge < -0.3 is 25.2 Å². The highest BCUT2D eigenvalue weighted by molar-refractivity contribution is 5.89. The normalized spacial score (nSPS) is 23.5. The molecule has 3 N–H and O–H groups in total. The van der Waals surface area contributed by atoms with Crippen LogP contribution in [0.25, 0.3) is 11.1 Å². The van der Waals surface area contributed by atoms with Gasteiger partial charge in [0.1, 0.15) is 12.6 Å². The molecule has 4 aliphatic rings. The number of carbonyl (C=O) groups excluding carboxylic acids is 2. The molecule has 2 heterocycles. The van der Waals surface area contributed by atoms with Crippen LogP contribution in [0.2, 0.25) is 0 Å². The first-order valence-corrected chi connectivity index (χ1v) is 12.2. The second kappa shape index (κ2) is 10.1. The van der Waals surface area contributed by atoms with Gasteiger partial charge in [-0.3, -0.25) is 9.59 Å². The molecule has 2 aliphatic heterocycles. The molecule has 4 atom stereocenters. The van der Waals surface area contributed by atoms with Gasteiger partial charge in [0.15, 0.2) is 0 Å². The number of benzene rings is 2. The van der Waals surface area contributed by atoms with Gasteiger partial charge in [-0.1, -0.05) is 48.5 Å². The fourth-order valence-electron chi connectivity index (χ4n) is 5.59. The summed E-state index contributed by atoms with van der Waals surface area (Å²) >= 11 is 0. The third-order valence-electron chi connectivity index (χ3n) is 7.40. The molecule has 6 rings (SSSR count). The van der Waals surface area contributed by atoms with E-state index >= 15 is 0 Å². The molecule has 2 aromatic rings. The lowest BCUT2D eigenvalue weighted by molar-refractivity contribution is -0.140. The van der Waals surface area contributed by atoms with E-state index in [-0.39, 0.29) is 24.7 Å². The molecule has 2 bridgehead atoms. The fraction of sp³-hybridized carbons (Fsp3) is 0.444. The highest BCUT2D eigenvalue weighted by atomic mass is 16.5. The number of fused-ring (bicyclic) bond motifs is 7. The number of aliphatic carboxylic acids is 1. The first-order chi connectivity index (χ1) is 17.0. The molecule has 35 heavy (non-hydrogen) atoms. The standard InChI is InChI=1S/C27H30N2O6/c30-25(31)13-23(26(32)28-22-11-9-16-10-12-24(22)34-14-16)29-27(33)35-15-21-19-7-3-1-5-17(19)18-6-2-4-8-20(18)21/h1-8,16,21-24H,9-15H2,(H,28,32)(H,29,33)(H,30,31). The highest BCUT2D eigenvalue weighted by Gasteiger charge is 2.36. The molecular formula is C27H30N2O6. The van der Waals surface area contributed by atoms with Gasteiger partial charge in [0.2, 0.25) is 5.91 Å². The third-order valence-corrected chi connectivity index (χ3v) is 7.40. The van der Waals surface area contributed by atoms with Crippen LogP contribution in [0, 0.1) is 5.92 Å². The van der Waals surface area contributed by atoms with Gasteiger partial charge in [-0.2, -0.15) is 0 Å². The minimum absolute atomic E-state index is 0.0716. The van der Waals surface area contributed by atoms with Crippen molar-refractivity contribution >= 4 is 18.0 Å². The number of carboxylic acids is 1. The van der Waals surface area contributed by atoms with E-state index in [9.17, 15) is 19.5 Å². The summed E-state index contributed by atoms with van der Waals surface area (Å²) in [5.74, 6) is -1.32. The summed E-state index contributed by atoms with van der Waals surface area (Å²) in [6, 6.07) is 14.6. The van der Waals surface area contributed by atoms with Gasteiger partial charge in [0.05, 0.1) is 18.6 Å². The molecule has 0 spiro atoms. The largest absolute Gasteiger partial charge is 0.481 e. The van der Waals surface area contributed by atoms with Crippen LogP contribution < -0.4 is 10.6 Å². The molecule has 8 heteroatoms. The van der Waals surface area contributed by atoms with Crippen LogP contribution in [0.4, 0.5) is 4.79 Å². The summed E-state index contributed by atoms with van der Waals surface area (Å²) in [5, 5.41) is 14.7. The van der Waals surface area contributed by atoms with E-state index in [1.165, 1.54) is 0 Å². The van der Waals surface area contributed by atoms with Gasteiger partial charge in [-0.15, -0.1) is 0 Å². The minimum Gasteiger partial charge on any atom is -0.481 e. The predicted molar refractivity (Wildman–Crippen MR) is 128 cm³/mol. The minimum atomic E-state index is -1.23. The van der Waals surface area contributed by atoms with Crippen molar-refractivity contribution < 1.29 is 29.0 Å². The van der Waals surface area contributed by atoms with Crippen molar-refractivity contribution in [2.24, 2.45) is 5.92 Å². The number of hydrogen-bond donors (Lipinski definition) is 3. The maximum absolute atomic E-state index is 13.0. The summed E-state index contributed by atoms with van der Waals surface area (Å²) in [4.78, 5) is 37.0. The van der Waals surface area contributed by atoms with Crippen molar-refractivity contribution in [1.29, 1.82) is 0 Å².